The average molecular weight is 735 g/mol. The zero-order valence-electron chi connectivity index (χ0n) is 31.0. The fraction of sp³-hybridized carbons (Fsp3) is 0.0189. The van der Waals surface area contributed by atoms with E-state index >= 15 is 0 Å². The monoisotopic (exact) mass is 734 g/mol. The molecular weight excluding hydrogens is 697 g/mol. The summed E-state index contributed by atoms with van der Waals surface area (Å²) >= 11 is 1.90. The molecule has 8 aromatic carbocycles. The third-order valence-electron chi connectivity index (χ3n) is 10.8. The first-order valence-electron chi connectivity index (χ1n) is 19.1. The van der Waals surface area contributed by atoms with Gasteiger partial charge in [-0.15, -0.1) is 11.3 Å². The third-order valence-corrected chi connectivity index (χ3v) is 12.0. The summed E-state index contributed by atoms with van der Waals surface area (Å²) in [5.41, 5.74) is 12.9. The average Bonchev–Trinajstić information content (AvgIpc) is 3.81. The van der Waals surface area contributed by atoms with Crippen LogP contribution in [0.4, 0.5) is 11.4 Å². The molecule has 0 bridgehead atoms. The fourth-order valence-electron chi connectivity index (χ4n) is 8.05. The van der Waals surface area contributed by atoms with Crippen LogP contribution in [0, 0.1) is 0 Å². The van der Waals surface area contributed by atoms with E-state index < -0.39 is 0 Å². The van der Waals surface area contributed by atoms with Crippen LogP contribution in [0.5, 0.6) is 0 Å². The Hall–Kier alpha value is -6.94. The van der Waals surface area contributed by atoms with Gasteiger partial charge in [-0.2, -0.15) is 0 Å². The van der Waals surface area contributed by atoms with E-state index in [0.717, 1.165) is 22.8 Å². The van der Waals surface area contributed by atoms with E-state index in [-0.39, 0.29) is 0 Å². The number of hydrogen-bond donors (Lipinski definition) is 0. The molecule has 0 unspecified atom stereocenters. The van der Waals surface area contributed by atoms with Crippen LogP contribution in [0.15, 0.2) is 212 Å². The van der Waals surface area contributed by atoms with E-state index in [9.17, 15) is 0 Å². The van der Waals surface area contributed by atoms with Gasteiger partial charge >= 0.3 is 0 Å². The van der Waals surface area contributed by atoms with Crippen molar-refractivity contribution in [3.05, 3.63) is 218 Å². The molecule has 0 radical (unpaired) electrons. The topological polar surface area (TPSA) is 8.17 Å². The standard InChI is InChI=1S/C53H38N2S/c1-37(14-13-17-38-15-5-2-6-16-38)54(44-29-24-40(25-30-44)39-18-7-3-8-19-39)45-31-26-41(27-32-45)42-28-33-48-50(36-42)55(43-20-9-4-10-21-43)49-35-34-47-46-22-11-12-23-51(46)56-53(47)52(48)49/h2-36H,1H3/b17-13-,37-14+. The van der Waals surface area contributed by atoms with E-state index in [4.69, 9.17) is 0 Å². The van der Waals surface area contributed by atoms with Gasteiger partial charge in [0.1, 0.15) is 0 Å². The van der Waals surface area contributed by atoms with E-state index in [1.165, 1.54) is 69.8 Å². The molecule has 0 aliphatic rings. The lowest BCUT2D eigenvalue weighted by atomic mass is 10.0. The normalized spacial score (nSPS) is 12.1. The molecular formula is C53H38N2S. The molecule has 0 aliphatic carbocycles. The molecule has 0 N–H and O–H groups in total. The maximum Gasteiger partial charge on any atom is 0.0555 e. The third kappa shape index (κ3) is 6.09. The van der Waals surface area contributed by atoms with Crippen LogP contribution in [0.3, 0.4) is 0 Å². The lowest BCUT2D eigenvalue weighted by molar-refractivity contribution is 1.16. The maximum absolute atomic E-state index is 2.43. The summed E-state index contributed by atoms with van der Waals surface area (Å²) in [6.07, 6.45) is 6.48. The number of fused-ring (bicyclic) bond motifs is 7. The first kappa shape index (κ1) is 33.6. The Morgan fingerprint density at radius 3 is 1.79 bits per heavy atom. The first-order valence-corrected chi connectivity index (χ1v) is 19.9. The van der Waals surface area contributed by atoms with Crippen molar-refractivity contribution < 1.29 is 0 Å². The number of benzene rings is 8. The Bertz CT molecular complexity index is 3040. The van der Waals surface area contributed by atoms with Crippen LogP contribution in [-0.4, -0.2) is 4.57 Å². The van der Waals surface area contributed by atoms with E-state index in [0.29, 0.717) is 0 Å². The number of thiophene rings is 1. The molecule has 0 spiro atoms. The Morgan fingerprint density at radius 1 is 0.500 bits per heavy atom. The Morgan fingerprint density at radius 2 is 1.07 bits per heavy atom. The molecule has 0 fully saturated rings. The van der Waals surface area contributed by atoms with Gasteiger partial charge in [0.15, 0.2) is 0 Å². The molecule has 0 saturated heterocycles. The lowest BCUT2D eigenvalue weighted by Gasteiger charge is -2.26. The second kappa shape index (κ2) is 14.4. The number of para-hydroxylation sites is 1. The summed E-state index contributed by atoms with van der Waals surface area (Å²) in [6, 6.07) is 70.0. The minimum Gasteiger partial charge on any atom is -0.315 e. The molecule has 3 heteroatoms. The van der Waals surface area contributed by atoms with Crippen LogP contribution in [0.2, 0.25) is 0 Å². The molecule has 0 amide bonds. The lowest BCUT2D eigenvalue weighted by Crippen LogP contribution is -2.14. The second-order valence-corrected chi connectivity index (χ2v) is 15.3. The summed E-state index contributed by atoms with van der Waals surface area (Å²) < 4.78 is 5.11. The number of nitrogens with zero attached hydrogens (tertiary/aromatic N) is 2. The van der Waals surface area contributed by atoms with Gasteiger partial charge in [-0.05, 0) is 95.4 Å². The molecule has 0 aliphatic heterocycles. The predicted molar refractivity (Wildman–Crippen MR) is 242 cm³/mol. The highest BCUT2D eigenvalue weighted by molar-refractivity contribution is 7.26. The molecule has 2 heterocycles. The van der Waals surface area contributed by atoms with Crippen LogP contribution < -0.4 is 4.90 Å². The maximum atomic E-state index is 2.43. The molecule has 0 atom stereocenters. The molecule has 2 aromatic heterocycles. The van der Waals surface area contributed by atoms with Crippen LogP contribution >= 0.6 is 11.3 Å². The molecule has 266 valence electrons. The predicted octanol–water partition coefficient (Wildman–Crippen LogP) is 15.2. The van der Waals surface area contributed by atoms with Gasteiger partial charge in [-0.3, -0.25) is 0 Å². The summed E-state index contributed by atoms with van der Waals surface area (Å²) in [5, 5.41) is 5.24. The number of anilines is 2. The first-order chi connectivity index (χ1) is 27.7. The smallest absolute Gasteiger partial charge is 0.0555 e. The number of rotatable bonds is 8. The molecule has 10 aromatic rings. The highest BCUT2D eigenvalue weighted by Gasteiger charge is 2.19. The van der Waals surface area contributed by atoms with Crippen LogP contribution in [0.1, 0.15) is 12.5 Å². The van der Waals surface area contributed by atoms with E-state index in [2.05, 4.69) is 223 Å². The number of hydrogen-bond acceptors (Lipinski definition) is 2. The van der Waals surface area contributed by atoms with Crippen molar-refractivity contribution in [3.63, 3.8) is 0 Å². The fourth-order valence-corrected chi connectivity index (χ4v) is 9.31. The van der Waals surface area contributed by atoms with Gasteiger partial charge in [0, 0.05) is 53.7 Å². The Balaban J connectivity index is 1.06. The van der Waals surface area contributed by atoms with Gasteiger partial charge < -0.3 is 9.47 Å². The quantitative estimate of drug-likeness (QED) is 0.141. The summed E-state index contributed by atoms with van der Waals surface area (Å²) in [4.78, 5) is 2.33. The van der Waals surface area contributed by atoms with Gasteiger partial charge in [-0.25, -0.2) is 0 Å². The van der Waals surface area contributed by atoms with Crippen molar-refractivity contribution in [2.24, 2.45) is 0 Å². The van der Waals surface area contributed by atoms with Gasteiger partial charge in [0.2, 0.25) is 0 Å². The molecule has 10 rings (SSSR count). The minimum absolute atomic E-state index is 1.11. The van der Waals surface area contributed by atoms with Crippen molar-refractivity contribution in [2.45, 2.75) is 6.92 Å². The Kier molecular flexibility index (Phi) is 8.63. The Labute approximate surface area is 331 Å². The summed E-state index contributed by atoms with van der Waals surface area (Å²) in [6.45, 7) is 2.18. The zero-order valence-corrected chi connectivity index (χ0v) is 31.8. The molecule has 2 nitrogen and oxygen atoms in total. The second-order valence-electron chi connectivity index (χ2n) is 14.2. The van der Waals surface area contributed by atoms with Crippen molar-refractivity contribution in [1.82, 2.24) is 4.57 Å². The van der Waals surface area contributed by atoms with Crippen LogP contribution in [0.25, 0.3) is 76.0 Å². The molecule has 0 saturated carbocycles. The highest BCUT2D eigenvalue weighted by Crippen LogP contribution is 2.44. The SMILES string of the molecule is C/C(=C\C=C/c1ccccc1)N(c1ccc(-c2ccccc2)cc1)c1ccc(-c2ccc3c4c5sc6ccccc6c5ccc4n(-c4ccccc4)c3c2)cc1. The van der Waals surface area contributed by atoms with Crippen LogP contribution in [-0.2, 0) is 0 Å². The van der Waals surface area contributed by atoms with E-state index in [1.54, 1.807) is 0 Å². The largest absolute Gasteiger partial charge is 0.315 e. The van der Waals surface area contributed by atoms with Crippen molar-refractivity contribution >= 4 is 70.8 Å². The highest BCUT2D eigenvalue weighted by atomic mass is 32.1. The summed E-state index contributed by atoms with van der Waals surface area (Å²) in [5.74, 6) is 0. The van der Waals surface area contributed by atoms with Gasteiger partial charge in [-0.1, -0.05) is 152 Å². The molecule has 56 heavy (non-hydrogen) atoms. The van der Waals surface area contributed by atoms with Crippen molar-refractivity contribution in [1.29, 1.82) is 0 Å². The van der Waals surface area contributed by atoms with Gasteiger partial charge in [0.05, 0.1) is 11.0 Å². The number of allylic oxidation sites excluding steroid dienone is 3. The van der Waals surface area contributed by atoms with Gasteiger partial charge in [0.25, 0.3) is 0 Å². The van der Waals surface area contributed by atoms with E-state index in [1.807, 2.05) is 17.4 Å². The summed E-state index contributed by atoms with van der Waals surface area (Å²) in [7, 11) is 0. The number of aromatic nitrogens is 1. The van der Waals surface area contributed by atoms with Crippen molar-refractivity contribution in [3.8, 4) is 27.9 Å². The van der Waals surface area contributed by atoms with Crippen molar-refractivity contribution in [2.75, 3.05) is 4.90 Å². The minimum atomic E-state index is 1.11. The zero-order chi connectivity index (χ0) is 37.4.